The third-order valence-electron chi connectivity index (χ3n) is 2.40. The molecule has 16 heavy (non-hydrogen) atoms. The number of nitrogens with one attached hydrogen (secondary N) is 1. The first-order chi connectivity index (χ1) is 7.67. The monoisotopic (exact) mass is 242 g/mol. The van der Waals surface area contributed by atoms with Crippen LogP contribution in [-0.4, -0.2) is 24.2 Å². The van der Waals surface area contributed by atoms with Gasteiger partial charge in [0, 0.05) is 23.7 Å². The van der Waals surface area contributed by atoms with Crippen molar-refractivity contribution in [1.82, 2.24) is 10.3 Å². The summed E-state index contributed by atoms with van der Waals surface area (Å²) in [7, 11) is 0. The van der Waals surface area contributed by atoms with E-state index >= 15 is 0 Å². The largest absolute Gasteiger partial charge is 0.380 e. The van der Waals surface area contributed by atoms with Gasteiger partial charge in [-0.25, -0.2) is 4.98 Å². The predicted octanol–water partition coefficient (Wildman–Crippen LogP) is 2.92. The van der Waals surface area contributed by atoms with Gasteiger partial charge >= 0.3 is 0 Å². The lowest BCUT2D eigenvalue weighted by atomic mass is 10.2. The zero-order valence-corrected chi connectivity index (χ0v) is 11.4. The molecule has 0 saturated carbocycles. The van der Waals surface area contributed by atoms with E-state index in [1.807, 2.05) is 13.1 Å². The number of aromatic nitrogens is 1. The fraction of sp³-hybridized carbons (Fsp3) is 0.750. The molecule has 4 heteroatoms. The van der Waals surface area contributed by atoms with Crippen molar-refractivity contribution in [3.8, 4) is 0 Å². The Kier molecular flexibility index (Phi) is 5.95. The molecule has 92 valence electrons. The van der Waals surface area contributed by atoms with E-state index in [1.165, 1.54) is 9.88 Å². The molecule has 0 radical (unpaired) electrons. The van der Waals surface area contributed by atoms with Gasteiger partial charge in [-0.3, -0.25) is 0 Å². The van der Waals surface area contributed by atoms with Crippen LogP contribution < -0.4 is 5.32 Å². The summed E-state index contributed by atoms with van der Waals surface area (Å²) in [5.74, 6) is 0. The maximum absolute atomic E-state index is 5.40. The molecule has 0 aromatic carbocycles. The van der Waals surface area contributed by atoms with E-state index in [9.17, 15) is 0 Å². The first-order valence-electron chi connectivity index (χ1n) is 5.93. The normalized spacial score (nSPS) is 15.0. The van der Waals surface area contributed by atoms with E-state index in [1.54, 1.807) is 11.3 Å². The van der Waals surface area contributed by atoms with Gasteiger partial charge in [0.05, 0.1) is 12.6 Å². The smallest absolute Gasteiger partial charge is 0.110 e. The summed E-state index contributed by atoms with van der Waals surface area (Å²) in [6.45, 7) is 9.99. The van der Waals surface area contributed by atoms with Crippen LogP contribution in [0.4, 0.5) is 0 Å². The van der Waals surface area contributed by atoms with Crippen LogP contribution in [0.1, 0.15) is 43.1 Å². The Morgan fingerprint density at radius 1 is 1.50 bits per heavy atom. The highest BCUT2D eigenvalue weighted by Gasteiger charge is 2.15. The molecule has 0 aliphatic carbocycles. The first-order valence-corrected chi connectivity index (χ1v) is 6.75. The maximum atomic E-state index is 5.40. The molecule has 0 fully saturated rings. The summed E-state index contributed by atoms with van der Waals surface area (Å²) in [6, 6.07) is 0.725. The third-order valence-corrected chi connectivity index (χ3v) is 3.43. The van der Waals surface area contributed by atoms with Gasteiger partial charge < -0.3 is 10.1 Å². The molecule has 3 nitrogen and oxygen atoms in total. The molecule has 1 aromatic heterocycles. The van der Waals surface area contributed by atoms with Crippen molar-refractivity contribution in [2.75, 3.05) is 13.2 Å². The van der Waals surface area contributed by atoms with Gasteiger partial charge in [0.25, 0.3) is 0 Å². The lowest BCUT2D eigenvalue weighted by Crippen LogP contribution is -2.33. The molecule has 1 heterocycles. The second-order valence-corrected chi connectivity index (χ2v) is 5.26. The number of rotatable bonds is 7. The van der Waals surface area contributed by atoms with Gasteiger partial charge in [0.15, 0.2) is 0 Å². The summed E-state index contributed by atoms with van der Waals surface area (Å²) in [5, 5.41) is 4.74. The molecular weight excluding hydrogens is 220 g/mol. The summed E-state index contributed by atoms with van der Waals surface area (Å²) in [5.41, 5.74) is 0. The Labute approximate surface area is 102 Å². The highest BCUT2D eigenvalue weighted by Crippen LogP contribution is 2.22. The van der Waals surface area contributed by atoms with Crippen molar-refractivity contribution in [2.45, 2.75) is 46.2 Å². The van der Waals surface area contributed by atoms with Crippen molar-refractivity contribution in [2.24, 2.45) is 0 Å². The van der Waals surface area contributed by atoms with Crippen LogP contribution >= 0.6 is 11.3 Å². The highest BCUT2D eigenvalue weighted by molar-refractivity contribution is 7.11. The molecule has 2 atom stereocenters. The lowest BCUT2D eigenvalue weighted by Gasteiger charge is -2.20. The van der Waals surface area contributed by atoms with E-state index < -0.39 is 0 Å². The summed E-state index contributed by atoms with van der Waals surface area (Å²) >= 11 is 1.77. The average molecular weight is 242 g/mol. The molecule has 0 aliphatic rings. The number of nitrogens with zero attached hydrogens (tertiary/aromatic N) is 1. The predicted molar refractivity (Wildman–Crippen MR) is 69.0 cm³/mol. The molecule has 2 unspecified atom stereocenters. The van der Waals surface area contributed by atoms with Crippen LogP contribution in [0.25, 0.3) is 0 Å². The van der Waals surface area contributed by atoms with E-state index in [2.05, 4.69) is 31.1 Å². The van der Waals surface area contributed by atoms with Crippen molar-refractivity contribution >= 4 is 11.3 Å². The number of hydrogen-bond donors (Lipinski definition) is 1. The third kappa shape index (κ3) is 4.20. The van der Waals surface area contributed by atoms with E-state index in [-0.39, 0.29) is 0 Å². The number of hydrogen-bond acceptors (Lipinski definition) is 4. The second kappa shape index (κ2) is 6.99. The summed E-state index contributed by atoms with van der Waals surface area (Å²) in [6.07, 6.45) is 3.00. The van der Waals surface area contributed by atoms with Gasteiger partial charge in [0.1, 0.15) is 5.01 Å². The lowest BCUT2D eigenvalue weighted by molar-refractivity contribution is 0.123. The van der Waals surface area contributed by atoms with E-state index in [0.717, 1.165) is 19.6 Å². The highest BCUT2D eigenvalue weighted by atomic mass is 32.1. The zero-order valence-electron chi connectivity index (χ0n) is 10.6. The minimum Gasteiger partial charge on any atom is -0.380 e. The molecule has 0 aliphatic heterocycles. The number of aryl methyl sites for hydroxylation is 1. The Bertz CT molecular complexity index is 301. The number of ether oxygens (including phenoxy) is 1. The van der Waals surface area contributed by atoms with Crippen LogP contribution in [0.3, 0.4) is 0 Å². The van der Waals surface area contributed by atoms with Crippen LogP contribution in [0.5, 0.6) is 0 Å². The Hall–Kier alpha value is -0.450. The van der Waals surface area contributed by atoms with Gasteiger partial charge in [-0.1, -0.05) is 6.92 Å². The average Bonchev–Trinajstić information content (AvgIpc) is 2.69. The van der Waals surface area contributed by atoms with Gasteiger partial charge in [-0.05, 0) is 27.2 Å². The number of thiazole rings is 1. The van der Waals surface area contributed by atoms with Crippen molar-refractivity contribution in [3.05, 3.63) is 16.1 Å². The maximum Gasteiger partial charge on any atom is 0.110 e. The fourth-order valence-corrected chi connectivity index (χ4v) is 2.50. The molecular formula is C12H22N2OS. The molecule has 1 N–H and O–H groups in total. The fourth-order valence-electron chi connectivity index (χ4n) is 1.58. The quantitative estimate of drug-likeness (QED) is 0.798. The van der Waals surface area contributed by atoms with Crippen LogP contribution in [0, 0.1) is 6.92 Å². The molecule has 0 bridgehead atoms. The Morgan fingerprint density at radius 3 is 2.75 bits per heavy atom. The second-order valence-electron chi connectivity index (χ2n) is 4.00. The van der Waals surface area contributed by atoms with Crippen molar-refractivity contribution in [3.63, 3.8) is 0 Å². The van der Waals surface area contributed by atoms with Crippen LogP contribution in [0.2, 0.25) is 0 Å². The minimum atomic E-state index is 0.356. The van der Waals surface area contributed by atoms with Crippen LogP contribution in [0.15, 0.2) is 6.20 Å². The van der Waals surface area contributed by atoms with Crippen molar-refractivity contribution in [1.29, 1.82) is 0 Å². The molecule has 0 saturated heterocycles. The standard InChI is InChI=1S/C12H22N2OS/c1-5-11(12-13-7-10(4)16-12)14-9(3)8-15-6-2/h7,9,11,14H,5-6,8H2,1-4H3. The first kappa shape index (κ1) is 13.6. The topological polar surface area (TPSA) is 34.1 Å². The molecule has 0 amide bonds. The molecule has 1 aromatic rings. The van der Waals surface area contributed by atoms with E-state index in [4.69, 9.17) is 4.74 Å². The van der Waals surface area contributed by atoms with Gasteiger partial charge in [-0.15, -0.1) is 11.3 Å². The summed E-state index contributed by atoms with van der Waals surface area (Å²) in [4.78, 5) is 5.71. The van der Waals surface area contributed by atoms with Crippen molar-refractivity contribution < 1.29 is 4.74 Å². The minimum absolute atomic E-state index is 0.356. The molecule has 0 spiro atoms. The molecule has 1 rings (SSSR count). The summed E-state index contributed by atoms with van der Waals surface area (Å²) < 4.78 is 5.40. The zero-order chi connectivity index (χ0) is 12.0. The van der Waals surface area contributed by atoms with Gasteiger partial charge in [0.2, 0.25) is 0 Å². The Morgan fingerprint density at radius 2 is 2.25 bits per heavy atom. The Balaban J connectivity index is 2.48. The SMILES string of the molecule is CCOCC(C)NC(CC)c1ncc(C)s1. The van der Waals surface area contributed by atoms with Crippen LogP contribution in [-0.2, 0) is 4.74 Å². The van der Waals surface area contributed by atoms with E-state index in [0.29, 0.717) is 12.1 Å². The van der Waals surface area contributed by atoms with Gasteiger partial charge in [-0.2, -0.15) is 0 Å².